The molecule has 162 valence electrons. The molecule has 0 bridgehead atoms. The topological polar surface area (TPSA) is 75.5 Å². The van der Waals surface area contributed by atoms with Gasteiger partial charge >= 0.3 is 0 Å². The van der Waals surface area contributed by atoms with E-state index in [-0.39, 0.29) is 41.1 Å². The van der Waals surface area contributed by atoms with Crippen LogP contribution >= 0.6 is 0 Å². The zero-order valence-electron chi connectivity index (χ0n) is 16.4. The first-order chi connectivity index (χ1) is 14.8. The lowest BCUT2D eigenvalue weighted by atomic mass is 9.83. The Labute approximate surface area is 176 Å². The zero-order valence-corrected chi connectivity index (χ0v) is 16.4. The Bertz CT molecular complexity index is 1040. The van der Waals surface area contributed by atoms with E-state index in [4.69, 9.17) is 0 Å². The van der Waals surface area contributed by atoms with Crippen LogP contribution < -0.4 is 5.32 Å². The number of benzene rings is 2. The van der Waals surface area contributed by atoms with E-state index in [1.54, 1.807) is 11.0 Å². The molecule has 31 heavy (non-hydrogen) atoms. The van der Waals surface area contributed by atoms with Gasteiger partial charge in [0, 0.05) is 53.6 Å². The van der Waals surface area contributed by atoms with Crippen molar-refractivity contribution in [3.8, 4) is 0 Å². The second kappa shape index (κ2) is 8.41. The van der Waals surface area contributed by atoms with Crippen molar-refractivity contribution in [3.05, 3.63) is 87.4 Å². The quantitative estimate of drug-likeness (QED) is 0.567. The number of halogens is 3. The average Bonchev–Trinajstić information content (AvgIpc) is 3.09. The molecule has 3 atom stereocenters. The lowest BCUT2D eigenvalue weighted by Crippen LogP contribution is -2.42. The van der Waals surface area contributed by atoms with Crippen molar-refractivity contribution in [1.29, 1.82) is 0 Å². The minimum absolute atomic E-state index is 0.0269. The van der Waals surface area contributed by atoms with Crippen LogP contribution in [0.4, 0.5) is 18.9 Å². The fourth-order valence-electron chi connectivity index (χ4n) is 4.37. The maximum Gasteiger partial charge on any atom is 0.271 e. The molecule has 1 saturated carbocycles. The summed E-state index contributed by atoms with van der Waals surface area (Å²) < 4.78 is 40.8. The smallest absolute Gasteiger partial charge is 0.271 e. The van der Waals surface area contributed by atoms with Crippen molar-refractivity contribution in [2.45, 2.75) is 37.9 Å². The van der Waals surface area contributed by atoms with Gasteiger partial charge in [0.25, 0.3) is 5.91 Å². The third-order valence-corrected chi connectivity index (χ3v) is 5.90. The van der Waals surface area contributed by atoms with Crippen molar-refractivity contribution in [3.63, 3.8) is 0 Å². The van der Waals surface area contributed by atoms with Crippen molar-refractivity contribution in [2.24, 2.45) is 5.92 Å². The minimum atomic E-state index is -0.722. The number of hydrogen-bond acceptors (Lipinski definition) is 4. The lowest BCUT2D eigenvalue weighted by Gasteiger charge is -2.35. The molecule has 4 rings (SSSR count). The van der Waals surface area contributed by atoms with E-state index < -0.39 is 29.4 Å². The number of rotatable bonds is 5. The molecule has 0 spiro atoms. The monoisotopic (exact) mass is 431 g/mol. The predicted molar refractivity (Wildman–Crippen MR) is 107 cm³/mol. The highest BCUT2D eigenvalue weighted by atomic mass is 19.1. The molecule has 1 fully saturated rings. The summed E-state index contributed by atoms with van der Waals surface area (Å²) in [6.45, 7) is 0.0269. The minimum Gasteiger partial charge on any atom is -0.359 e. The summed E-state index contributed by atoms with van der Waals surface area (Å²) in [6.07, 6.45) is 2.81. The molecule has 2 aromatic rings. The Kier molecular flexibility index (Phi) is 5.67. The molecule has 1 aliphatic heterocycles. The van der Waals surface area contributed by atoms with E-state index in [1.165, 1.54) is 30.3 Å². The van der Waals surface area contributed by atoms with E-state index in [0.29, 0.717) is 18.5 Å². The summed E-state index contributed by atoms with van der Waals surface area (Å²) in [5, 5.41) is 13.9. The Morgan fingerprint density at radius 1 is 1.10 bits per heavy atom. The molecule has 9 heteroatoms. The number of amides is 1. The highest BCUT2D eigenvalue weighted by Crippen LogP contribution is 2.40. The second-order valence-electron chi connectivity index (χ2n) is 7.86. The summed E-state index contributed by atoms with van der Waals surface area (Å²) in [5.41, 5.74) is 0.879. The lowest BCUT2D eigenvalue weighted by molar-refractivity contribution is -0.528. The molecule has 1 amide bonds. The number of fused-ring (bicyclic) bond motifs is 1. The standard InChI is InChI=1S/C22H20F3N3O3/c23-15-3-5-17(6-4-15)26-22(29)21-10-14-9-18(28(30)31)7-8-20(14)27(21)12-13-1-2-16(24)11-19(13)25/h1-6,10-11,14,18,20H,7-9,12H2,(H,26,29)/t14?,18-,20?/m0/s1. The molecule has 2 aromatic carbocycles. The molecule has 6 nitrogen and oxygen atoms in total. The number of carbonyl (C=O) groups excluding carboxylic acids is 1. The maximum atomic E-state index is 14.3. The number of nitrogens with one attached hydrogen (secondary N) is 1. The number of nitrogens with zero attached hydrogens (tertiary/aromatic N) is 2. The van der Waals surface area contributed by atoms with Crippen molar-refractivity contribution < 1.29 is 22.9 Å². The highest BCUT2D eigenvalue weighted by molar-refractivity contribution is 6.03. The van der Waals surface area contributed by atoms with Crippen LogP contribution in [0.15, 0.2) is 54.2 Å². The zero-order chi connectivity index (χ0) is 22.1. The molecular weight excluding hydrogens is 411 g/mol. The third-order valence-electron chi connectivity index (χ3n) is 5.90. The van der Waals surface area contributed by atoms with Gasteiger partial charge in [-0.15, -0.1) is 0 Å². The van der Waals surface area contributed by atoms with Gasteiger partial charge in [-0.05, 0) is 42.8 Å². The summed E-state index contributed by atoms with van der Waals surface area (Å²) >= 11 is 0. The molecule has 0 radical (unpaired) electrons. The molecule has 1 heterocycles. The number of nitro groups is 1. The van der Waals surface area contributed by atoms with Crippen LogP contribution in [0.1, 0.15) is 24.8 Å². The van der Waals surface area contributed by atoms with E-state index in [2.05, 4.69) is 5.32 Å². The van der Waals surface area contributed by atoms with Gasteiger partial charge in [0.2, 0.25) is 6.04 Å². The molecule has 1 aliphatic carbocycles. The molecule has 2 unspecified atom stereocenters. The third kappa shape index (κ3) is 4.40. The number of hydrogen-bond donors (Lipinski definition) is 1. The Balaban J connectivity index is 1.61. The SMILES string of the molecule is O=C(Nc1ccc(F)cc1)C1=CC2C[C@@H]([N+](=O)[O-])CCC2N1Cc1ccc(F)cc1F. The molecule has 2 aliphatic rings. The highest BCUT2D eigenvalue weighted by Gasteiger charge is 2.44. The van der Waals surface area contributed by atoms with Gasteiger partial charge in [-0.3, -0.25) is 14.9 Å². The van der Waals surface area contributed by atoms with Crippen LogP contribution in [0, 0.1) is 33.5 Å². The van der Waals surface area contributed by atoms with Gasteiger partial charge in [0.1, 0.15) is 17.5 Å². The van der Waals surface area contributed by atoms with Crippen molar-refractivity contribution in [2.75, 3.05) is 5.32 Å². The van der Waals surface area contributed by atoms with Gasteiger partial charge in [-0.2, -0.15) is 0 Å². The van der Waals surface area contributed by atoms with E-state index >= 15 is 0 Å². The first kappa shape index (κ1) is 20.9. The van der Waals surface area contributed by atoms with E-state index in [9.17, 15) is 28.1 Å². The molecular formula is C22H20F3N3O3. The van der Waals surface area contributed by atoms with E-state index in [0.717, 1.165) is 12.1 Å². The Hall–Kier alpha value is -3.36. The largest absolute Gasteiger partial charge is 0.359 e. The summed E-state index contributed by atoms with van der Waals surface area (Å²) in [5.74, 6) is -2.57. The van der Waals surface area contributed by atoms with E-state index in [1.807, 2.05) is 0 Å². The molecule has 1 N–H and O–H groups in total. The molecule has 0 saturated heterocycles. The van der Waals surface area contributed by atoms with Gasteiger partial charge in [0.05, 0.1) is 5.70 Å². The van der Waals surface area contributed by atoms with Crippen molar-refractivity contribution in [1.82, 2.24) is 4.90 Å². The second-order valence-corrected chi connectivity index (χ2v) is 7.86. The van der Waals surface area contributed by atoms with Crippen LogP contribution in [-0.2, 0) is 11.3 Å². The van der Waals surface area contributed by atoms with Gasteiger partial charge < -0.3 is 10.2 Å². The van der Waals surface area contributed by atoms with Gasteiger partial charge in [-0.1, -0.05) is 6.07 Å². The first-order valence-electron chi connectivity index (χ1n) is 9.94. The number of anilines is 1. The van der Waals surface area contributed by atoms with Crippen LogP contribution in [0.25, 0.3) is 0 Å². The Morgan fingerprint density at radius 3 is 2.48 bits per heavy atom. The maximum absolute atomic E-state index is 14.3. The fraction of sp³-hybridized carbons (Fsp3) is 0.318. The Morgan fingerprint density at radius 2 is 1.81 bits per heavy atom. The molecule has 0 aromatic heterocycles. The van der Waals surface area contributed by atoms with Crippen LogP contribution in [0.3, 0.4) is 0 Å². The predicted octanol–water partition coefficient (Wildman–Crippen LogP) is 4.26. The summed E-state index contributed by atoms with van der Waals surface area (Å²) in [7, 11) is 0. The summed E-state index contributed by atoms with van der Waals surface area (Å²) in [6, 6.07) is 7.64. The van der Waals surface area contributed by atoms with Gasteiger partial charge in [0.15, 0.2) is 0 Å². The van der Waals surface area contributed by atoms with Crippen molar-refractivity contribution >= 4 is 11.6 Å². The van der Waals surface area contributed by atoms with Crippen LogP contribution in [0.2, 0.25) is 0 Å². The normalized spacial score (nSPS) is 22.6. The fourth-order valence-corrected chi connectivity index (χ4v) is 4.37. The van der Waals surface area contributed by atoms with Crippen LogP contribution in [-0.4, -0.2) is 27.8 Å². The van der Waals surface area contributed by atoms with Gasteiger partial charge in [-0.25, -0.2) is 13.2 Å². The first-order valence-corrected chi connectivity index (χ1v) is 9.94. The van der Waals surface area contributed by atoms with Crippen LogP contribution in [0.5, 0.6) is 0 Å². The summed E-state index contributed by atoms with van der Waals surface area (Å²) in [4.78, 5) is 25.7. The average molecular weight is 431 g/mol. The number of carbonyl (C=O) groups is 1.